The molecule has 0 aromatic carbocycles. The van der Waals surface area contributed by atoms with E-state index in [1.54, 1.807) is 6.92 Å². The molecule has 0 saturated heterocycles. The van der Waals surface area contributed by atoms with Crippen LogP contribution < -0.4 is 0 Å². The molecule has 5 aliphatic carbocycles. The quantitative estimate of drug-likeness (QED) is 0.284. The van der Waals surface area contributed by atoms with E-state index in [1.807, 2.05) is 11.1 Å². The second kappa shape index (κ2) is 7.38. The van der Waals surface area contributed by atoms with E-state index >= 15 is 0 Å². The molecule has 2 heteroatoms. The van der Waals surface area contributed by atoms with Crippen LogP contribution in [0.4, 0.5) is 0 Å². The van der Waals surface area contributed by atoms with E-state index in [9.17, 15) is 4.79 Å². The fourth-order valence-electron chi connectivity index (χ4n) is 10.9. The van der Waals surface area contributed by atoms with Gasteiger partial charge in [0.2, 0.25) is 0 Å². The summed E-state index contributed by atoms with van der Waals surface area (Å²) in [6, 6.07) is 0. The Balaban J connectivity index is 1.54. The molecule has 0 bridgehead atoms. The van der Waals surface area contributed by atoms with Crippen molar-refractivity contribution in [1.82, 2.24) is 0 Å². The van der Waals surface area contributed by atoms with E-state index in [0.29, 0.717) is 33.0 Å². The fourth-order valence-corrected chi connectivity index (χ4v) is 10.9. The molecule has 0 amide bonds. The summed E-state index contributed by atoms with van der Waals surface area (Å²) in [6.07, 6.45) is 14.5. The molecule has 0 N–H and O–H groups in total. The number of carbonyl (C=O) groups is 1. The molecule has 7 unspecified atom stereocenters. The number of esters is 1. The van der Waals surface area contributed by atoms with Gasteiger partial charge < -0.3 is 4.74 Å². The highest BCUT2D eigenvalue weighted by atomic mass is 16.5. The summed E-state index contributed by atoms with van der Waals surface area (Å²) >= 11 is 0. The maximum Gasteiger partial charge on any atom is 0.302 e. The highest BCUT2D eigenvalue weighted by Crippen LogP contribution is 2.75. The zero-order chi connectivity index (χ0) is 24.9. The van der Waals surface area contributed by atoms with Crippen molar-refractivity contribution in [2.24, 2.45) is 44.3 Å². The molecular weight excluding hydrogens is 416 g/mol. The summed E-state index contributed by atoms with van der Waals surface area (Å²) in [4.78, 5) is 11.9. The third-order valence-corrected chi connectivity index (χ3v) is 13.2. The van der Waals surface area contributed by atoms with Gasteiger partial charge in [0.25, 0.3) is 0 Å². The number of allylic oxidation sites excluding steroid dienone is 2. The van der Waals surface area contributed by atoms with Gasteiger partial charge in [-0.1, -0.05) is 66.5 Å². The molecular formula is C32H52O2. The first kappa shape index (κ1) is 24.9. The minimum atomic E-state index is -0.107. The first-order valence-corrected chi connectivity index (χ1v) is 14.5. The molecule has 4 fully saturated rings. The minimum absolute atomic E-state index is 0.0537. The number of carbonyl (C=O) groups excluding carboxylic acids is 1. The van der Waals surface area contributed by atoms with Crippen LogP contribution in [0.15, 0.2) is 11.1 Å². The molecule has 192 valence electrons. The van der Waals surface area contributed by atoms with Crippen molar-refractivity contribution in [3.8, 4) is 0 Å². The lowest BCUT2D eigenvalue weighted by molar-refractivity contribution is -0.213. The smallest absolute Gasteiger partial charge is 0.302 e. The number of fused-ring (bicyclic) bond motifs is 6. The molecule has 0 aliphatic heterocycles. The Labute approximate surface area is 210 Å². The Bertz CT molecular complexity index is 910. The maximum atomic E-state index is 11.9. The normalized spacial score (nSPS) is 49.3. The lowest BCUT2D eigenvalue weighted by atomic mass is 9.34. The largest absolute Gasteiger partial charge is 0.462 e. The Kier molecular flexibility index (Phi) is 5.40. The Hall–Kier alpha value is -0.790. The predicted molar refractivity (Wildman–Crippen MR) is 140 cm³/mol. The van der Waals surface area contributed by atoms with Gasteiger partial charge in [0.1, 0.15) is 6.10 Å². The summed E-state index contributed by atoms with van der Waals surface area (Å²) in [5.41, 5.74) is 5.84. The molecule has 34 heavy (non-hydrogen) atoms. The van der Waals surface area contributed by atoms with Crippen LogP contribution in [0.2, 0.25) is 0 Å². The van der Waals surface area contributed by atoms with Gasteiger partial charge in [-0.25, -0.2) is 0 Å². The fraction of sp³-hybridized carbons (Fsp3) is 0.906. The van der Waals surface area contributed by atoms with Gasteiger partial charge in [-0.15, -0.1) is 0 Å². The van der Waals surface area contributed by atoms with Crippen molar-refractivity contribution in [3.63, 3.8) is 0 Å². The molecule has 2 nitrogen and oxygen atoms in total. The zero-order valence-corrected chi connectivity index (χ0v) is 23.8. The highest BCUT2D eigenvalue weighted by molar-refractivity contribution is 5.66. The average molecular weight is 469 g/mol. The maximum absolute atomic E-state index is 11.9. The number of ether oxygens (including phenoxy) is 1. The molecule has 7 atom stereocenters. The molecule has 0 spiro atoms. The van der Waals surface area contributed by atoms with E-state index in [-0.39, 0.29) is 17.5 Å². The first-order valence-electron chi connectivity index (χ1n) is 14.5. The van der Waals surface area contributed by atoms with Crippen LogP contribution in [0.25, 0.3) is 0 Å². The van der Waals surface area contributed by atoms with Gasteiger partial charge in [-0.05, 0) is 110 Å². The summed E-state index contributed by atoms with van der Waals surface area (Å²) in [7, 11) is 0. The SMILES string of the molecule is CC(=O)OC1CCC2(C)C(CCC3(C)C2CCC2=C4CC(C)(C)CCC4(C)CCC23C)C1(C)C. The van der Waals surface area contributed by atoms with Crippen molar-refractivity contribution in [3.05, 3.63) is 11.1 Å². The van der Waals surface area contributed by atoms with Gasteiger partial charge >= 0.3 is 5.97 Å². The van der Waals surface area contributed by atoms with Crippen LogP contribution >= 0.6 is 0 Å². The summed E-state index contributed by atoms with van der Waals surface area (Å²) < 4.78 is 5.91. The van der Waals surface area contributed by atoms with Crippen LogP contribution in [0, 0.1) is 44.3 Å². The number of hydrogen-bond acceptors (Lipinski definition) is 2. The van der Waals surface area contributed by atoms with E-state index in [1.165, 1.54) is 64.2 Å². The molecule has 4 saturated carbocycles. The molecule has 0 aromatic rings. The van der Waals surface area contributed by atoms with Gasteiger partial charge in [0.05, 0.1) is 0 Å². The van der Waals surface area contributed by atoms with Crippen LogP contribution in [-0.4, -0.2) is 12.1 Å². The Morgan fingerprint density at radius 2 is 1.44 bits per heavy atom. The van der Waals surface area contributed by atoms with Crippen LogP contribution in [-0.2, 0) is 9.53 Å². The van der Waals surface area contributed by atoms with Crippen LogP contribution in [0.1, 0.15) is 133 Å². The lowest BCUT2D eigenvalue weighted by Gasteiger charge is -2.71. The third kappa shape index (κ3) is 3.21. The average Bonchev–Trinajstić information content (AvgIpc) is 2.72. The third-order valence-electron chi connectivity index (χ3n) is 13.2. The molecule has 0 radical (unpaired) electrons. The summed E-state index contributed by atoms with van der Waals surface area (Å²) in [5, 5.41) is 0. The topological polar surface area (TPSA) is 26.3 Å². The van der Waals surface area contributed by atoms with Gasteiger partial charge in [-0.3, -0.25) is 4.79 Å². The van der Waals surface area contributed by atoms with Crippen molar-refractivity contribution < 1.29 is 9.53 Å². The Morgan fingerprint density at radius 1 is 0.765 bits per heavy atom. The van der Waals surface area contributed by atoms with Crippen LogP contribution in [0.3, 0.4) is 0 Å². The summed E-state index contributed by atoms with van der Waals surface area (Å²) in [5.74, 6) is 1.30. The van der Waals surface area contributed by atoms with Gasteiger partial charge in [-0.2, -0.15) is 0 Å². The standard InChI is InChI=1S/C32H52O2/c1-21(33)34-26-13-14-30(7)24(28(26,4)5)12-15-32(9)25(30)11-10-22-23-20-27(2,3)16-17-29(23,6)18-19-31(22,32)8/h24-26H,10-20H2,1-9H3. The first-order chi connectivity index (χ1) is 15.6. The second-order valence-corrected chi connectivity index (χ2v) is 15.8. The summed E-state index contributed by atoms with van der Waals surface area (Å²) in [6.45, 7) is 22.1. The molecule has 5 rings (SSSR count). The highest BCUT2D eigenvalue weighted by Gasteiger charge is 2.67. The second-order valence-electron chi connectivity index (χ2n) is 15.8. The van der Waals surface area contributed by atoms with Crippen molar-refractivity contribution in [2.75, 3.05) is 0 Å². The van der Waals surface area contributed by atoms with Gasteiger partial charge in [0, 0.05) is 12.3 Å². The monoisotopic (exact) mass is 468 g/mol. The molecule has 5 aliphatic rings. The van der Waals surface area contributed by atoms with Crippen molar-refractivity contribution in [1.29, 1.82) is 0 Å². The Morgan fingerprint density at radius 3 is 2.12 bits per heavy atom. The predicted octanol–water partition coefficient (Wildman–Crippen LogP) is 8.88. The van der Waals surface area contributed by atoms with Crippen LogP contribution in [0.5, 0.6) is 0 Å². The number of rotatable bonds is 1. The van der Waals surface area contributed by atoms with Crippen molar-refractivity contribution >= 4 is 5.97 Å². The zero-order valence-electron chi connectivity index (χ0n) is 23.8. The van der Waals surface area contributed by atoms with E-state index in [2.05, 4.69) is 55.4 Å². The number of hydrogen-bond donors (Lipinski definition) is 0. The van der Waals surface area contributed by atoms with E-state index < -0.39 is 0 Å². The molecule has 0 aromatic heterocycles. The van der Waals surface area contributed by atoms with E-state index in [0.717, 1.165) is 12.3 Å². The minimum Gasteiger partial charge on any atom is -0.462 e. The van der Waals surface area contributed by atoms with E-state index in [4.69, 9.17) is 4.74 Å². The van der Waals surface area contributed by atoms with Crippen molar-refractivity contribution in [2.45, 2.75) is 139 Å². The molecule has 0 heterocycles. The van der Waals surface area contributed by atoms with Gasteiger partial charge in [0.15, 0.2) is 0 Å². The lowest BCUT2D eigenvalue weighted by Crippen LogP contribution is -2.64.